The van der Waals surface area contributed by atoms with Crippen molar-refractivity contribution in [1.29, 1.82) is 0 Å². The first-order chi connectivity index (χ1) is 19.6. The van der Waals surface area contributed by atoms with Gasteiger partial charge in [0.15, 0.2) is 0 Å². The van der Waals surface area contributed by atoms with Crippen molar-refractivity contribution in [2.24, 2.45) is 0 Å². The van der Waals surface area contributed by atoms with E-state index in [1.54, 1.807) is 0 Å². The number of aliphatic hydroxyl groups excluding tert-OH is 6. The molecule has 16 nitrogen and oxygen atoms in total. The summed E-state index contributed by atoms with van der Waals surface area (Å²) in [6, 6.07) is 1.61. The summed E-state index contributed by atoms with van der Waals surface area (Å²) in [4.78, 5) is 49.2. The maximum absolute atomic E-state index is 11.9. The Hall–Kier alpha value is -0.461. The van der Waals surface area contributed by atoms with Crippen LogP contribution in [0.25, 0.3) is 0 Å². The van der Waals surface area contributed by atoms with Crippen LogP contribution >= 0.6 is 15.2 Å². The van der Waals surface area contributed by atoms with Crippen molar-refractivity contribution in [3.8, 4) is 11.5 Å². The van der Waals surface area contributed by atoms with Gasteiger partial charge in [-0.3, -0.25) is 9.80 Å². The van der Waals surface area contributed by atoms with Crippen molar-refractivity contribution < 1.29 is 116 Å². The van der Waals surface area contributed by atoms with E-state index in [4.69, 9.17) is 0 Å². The van der Waals surface area contributed by atoms with E-state index in [9.17, 15) is 69.6 Å². The number of hydrogen-bond acceptors (Lipinski definition) is 16. The number of aliphatic hydroxyl groups is 6. The van der Waals surface area contributed by atoms with E-state index >= 15 is 0 Å². The number of rotatable bonds is 17. The molecule has 44 heavy (non-hydrogen) atoms. The van der Waals surface area contributed by atoms with Gasteiger partial charge in [0, 0.05) is 36.8 Å². The van der Waals surface area contributed by atoms with Crippen molar-refractivity contribution in [3.05, 3.63) is 57.6 Å². The van der Waals surface area contributed by atoms with E-state index in [0.29, 0.717) is 0 Å². The minimum absolute atomic E-state index is 0. The number of nitrogens with zero attached hydrogens (tertiary/aromatic N) is 2. The number of hydrogen-bond donors (Lipinski definition) is 8. The van der Waals surface area contributed by atoms with Crippen molar-refractivity contribution in [1.82, 2.24) is 9.80 Å². The van der Waals surface area contributed by atoms with Crippen LogP contribution in [0, 0.1) is 0 Å². The smallest absolute Gasteiger partial charge is 0.810 e. The van der Waals surface area contributed by atoms with Gasteiger partial charge in [0.2, 0.25) is 0 Å². The monoisotopic (exact) mass is 715 g/mol. The van der Waals surface area contributed by atoms with E-state index < -0.39 is 104 Å². The number of aromatic hydroxyl groups is 2. The van der Waals surface area contributed by atoms with Gasteiger partial charge in [-0.1, -0.05) is 27.3 Å². The Kier molecular flexibility index (Phi) is 19.2. The minimum Gasteiger partial charge on any atom is -0.810 e. The third-order valence-corrected chi connectivity index (χ3v) is 8.17. The summed E-state index contributed by atoms with van der Waals surface area (Å²) in [6.07, 6.45) is -2.63. The average Bonchev–Trinajstić information content (AvgIpc) is 2.91. The van der Waals surface area contributed by atoms with Crippen LogP contribution < -0.4 is 49.1 Å². The summed E-state index contributed by atoms with van der Waals surface area (Å²) < 4.78 is 23.8. The molecule has 2 unspecified atom stereocenters. The van der Waals surface area contributed by atoms with E-state index in [1.165, 1.54) is 12.1 Å². The molecule has 0 aliphatic heterocycles. The second-order valence-corrected chi connectivity index (χ2v) is 12.6. The molecule has 0 aliphatic carbocycles. The summed E-state index contributed by atoms with van der Waals surface area (Å²) >= 11 is 0. The molecule has 0 aliphatic rings. The van der Waals surface area contributed by atoms with E-state index in [2.05, 4.69) is 0 Å². The molecule has 1 radical (unpaired) electrons. The molecular formula is C24H34FeN2NaO14P2. The van der Waals surface area contributed by atoms with Gasteiger partial charge in [-0.2, -0.15) is 0 Å². The summed E-state index contributed by atoms with van der Waals surface area (Å²) in [7, 11) is -10.9. The largest absolute Gasteiger partial charge is 3.00 e. The molecule has 2 atom stereocenters. The molecular weight excluding hydrogens is 681 g/mol. The first kappa shape index (κ1) is 43.5. The SMILES string of the molecule is O=P([O-])([O-])CN(Cc1c(O)cc(CO)cc1CO)C(CO)C(CO)N(Cc1c(O)ccc(CO)c1CO)CP(=O)([O-])[O-].[Fe+3].[Na+]. The fraction of sp³-hybridized carbons (Fsp3) is 0.500. The van der Waals surface area contributed by atoms with Crippen LogP contribution in [0.1, 0.15) is 33.4 Å². The van der Waals surface area contributed by atoms with Crippen LogP contribution in [0.4, 0.5) is 0 Å². The van der Waals surface area contributed by atoms with Crippen molar-refractivity contribution in [3.63, 3.8) is 0 Å². The quantitative estimate of drug-likeness (QED) is 0.0558. The number of benzene rings is 2. The van der Waals surface area contributed by atoms with Gasteiger partial charge in [-0.25, -0.2) is 0 Å². The third kappa shape index (κ3) is 12.3. The molecule has 2 rings (SSSR count). The van der Waals surface area contributed by atoms with E-state index in [-0.39, 0.29) is 80.0 Å². The standard InChI is InChI=1S/C24H38N2O14P2.Fe.Na/c27-7-15-3-17(9-29)18(24(34)4-15)5-25(13-41(35,36)37)21(11-31)22(12-32)26(14-42(38,39)40)6-19-20(10-30)16(8-28)1-2-23(19)33;;/h1-4,21-22,27-34H,5-14H2,(H2,35,36,37)(H2,38,39,40);;/q;+3;+1/p-4. The predicted octanol–water partition coefficient (Wildman–Crippen LogP) is -7.16. The van der Waals surface area contributed by atoms with Gasteiger partial charge in [0.25, 0.3) is 0 Å². The van der Waals surface area contributed by atoms with Crippen LogP contribution in [0.3, 0.4) is 0 Å². The van der Waals surface area contributed by atoms with Gasteiger partial charge in [0.05, 0.1) is 51.7 Å². The summed E-state index contributed by atoms with van der Waals surface area (Å²) in [5, 5.41) is 80.4. The molecule has 0 amide bonds. The summed E-state index contributed by atoms with van der Waals surface area (Å²) in [5.41, 5.74) is 0.0847. The molecule has 0 bridgehead atoms. The molecule has 243 valence electrons. The first-order valence-corrected chi connectivity index (χ1v) is 15.9. The van der Waals surface area contributed by atoms with Crippen molar-refractivity contribution >= 4 is 15.2 Å². The van der Waals surface area contributed by atoms with Crippen molar-refractivity contribution in [2.45, 2.75) is 51.6 Å². The molecule has 0 fully saturated rings. The van der Waals surface area contributed by atoms with Gasteiger partial charge < -0.3 is 69.6 Å². The maximum atomic E-state index is 11.9. The van der Waals surface area contributed by atoms with E-state index in [1.807, 2.05) is 0 Å². The minimum atomic E-state index is -5.45. The zero-order valence-electron chi connectivity index (χ0n) is 23.7. The molecule has 0 saturated carbocycles. The Bertz CT molecular complexity index is 1300. The Morgan fingerprint density at radius 3 is 1.50 bits per heavy atom. The summed E-state index contributed by atoms with van der Waals surface area (Å²) in [5.74, 6) is -0.995. The Morgan fingerprint density at radius 2 is 1.11 bits per heavy atom. The zero-order chi connectivity index (χ0) is 31.8. The first-order valence-electron chi connectivity index (χ1n) is 12.4. The molecule has 2 aromatic rings. The van der Waals surface area contributed by atoms with Gasteiger partial charge >= 0.3 is 46.6 Å². The van der Waals surface area contributed by atoms with Gasteiger partial charge in [-0.05, 0) is 34.4 Å². The average molecular weight is 715 g/mol. The van der Waals surface area contributed by atoms with Crippen LogP contribution in [0.15, 0.2) is 24.3 Å². The number of phenols is 2. The normalized spacial score (nSPS) is 13.5. The summed E-state index contributed by atoms with van der Waals surface area (Å²) in [6.45, 7) is -5.90. The Balaban J connectivity index is 0.00000924. The number of phenolic OH excluding ortho intramolecular Hbond substituents is 2. The zero-order valence-corrected chi connectivity index (χ0v) is 28.6. The van der Waals surface area contributed by atoms with Crippen molar-refractivity contribution in [2.75, 3.05) is 25.8 Å². The third-order valence-electron chi connectivity index (χ3n) is 6.75. The van der Waals surface area contributed by atoms with Crippen LogP contribution in [-0.2, 0) is 65.7 Å². The molecule has 8 N–H and O–H groups in total. The molecule has 0 spiro atoms. The second kappa shape index (κ2) is 19.4. The molecule has 20 heteroatoms. The fourth-order valence-corrected chi connectivity index (χ4v) is 6.31. The van der Waals surface area contributed by atoms with Gasteiger partial charge in [-0.15, -0.1) is 0 Å². The molecule has 2 aromatic carbocycles. The molecule has 0 saturated heterocycles. The van der Waals surface area contributed by atoms with E-state index in [0.717, 1.165) is 21.9 Å². The van der Waals surface area contributed by atoms with Gasteiger partial charge in [0.1, 0.15) is 11.5 Å². The second-order valence-electron chi connectivity index (χ2n) is 9.58. The predicted molar refractivity (Wildman–Crippen MR) is 138 cm³/mol. The molecule has 0 aromatic heterocycles. The van der Waals surface area contributed by atoms with Crippen LogP contribution in [-0.4, -0.2) is 88.5 Å². The fourth-order valence-electron chi connectivity index (χ4n) is 4.80. The Labute approximate surface area is 286 Å². The Morgan fingerprint density at radius 1 is 0.636 bits per heavy atom. The van der Waals surface area contributed by atoms with Crippen LogP contribution in [0.5, 0.6) is 11.5 Å². The molecule has 0 heterocycles. The topological polar surface area (TPSA) is 295 Å². The maximum Gasteiger partial charge on any atom is 3.00 e. The van der Waals surface area contributed by atoms with Crippen LogP contribution in [0.2, 0.25) is 0 Å².